The van der Waals surface area contributed by atoms with Crippen LogP contribution in [-0.2, 0) is 54.0 Å². The Kier molecular flexibility index (Phi) is 30.8. The van der Waals surface area contributed by atoms with Gasteiger partial charge in [0.05, 0.1) is 49.9 Å². The standard InChI is InChI=1S/C23H29IN2O4S.C21H27IN2O2S.C19H23IN2O2S.2CO2/c1-26-20-11-8-7-10-18(20)23(19-14-13-17(24)16-21(19)31(26,29)30)25-15-9-5-3-2-4-6-12-22(27)28;1-3-4-5-6-9-14-23-21-17-10-7-8-11-19(17)24(2)27(25,26)20-15-16(22)12-13-18(20)21;1-3-4-7-12-21-19-15-8-5-6-9-17(15)22(2)25(23,24)18-13-14(20)10-11-16(18)19;2*2-1-3/h7-8,10-11,13-14,16,23,25H,2-6,9,12,15H2,1H3,(H,27,28);7-8,10-13,15,21,23H,3-6,9,14H2,1-2H3;5-6,8-11,13,19,21H,3-4,7,12H2,1-2H3;;. The van der Waals surface area contributed by atoms with Gasteiger partial charge in [0, 0.05) is 38.3 Å². The van der Waals surface area contributed by atoms with E-state index in [2.05, 4.69) is 97.6 Å². The lowest BCUT2D eigenvalue weighted by molar-refractivity contribution is -0.193. The van der Waals surface area contributed by atoms with E-state index in [1.54, 1.807) is 39.3 Å². The molecular formula is C65H79I3N6O12S3. The topological polar surface area (TPSA) is 254 Å². The fraction of sp³-hybridized carbons (Fsp3) is 0.400. The second-order valence-electron chi connectivity index (χ2n) is 21.4. The normalized spacial score (nSPS) is 16.7. The summed E-state index contributed by atoms with van der Waals surface area (Å²) in [4.78, 5) is 44.2. The van der Waals surface area contributed by atoms with E-state index >= 15 is 0 Å². The van der Waals surface area contributed by atoms with Crippen molar-refractivity contribution in [2.24, 2.45) is 0 Å². The first kappa shape index (κ1) is 74.6. The van der Waals surface area contributed by atoms with Gasteiger partial charge in [-0.25, -0.2) is 25.3 Å². The van der Waals surface area contributed by atoms with Gasteiger partial charge in [0.1, 0.15) is 0 Å². The molecule has 0 aliphatic carbocycles. The molecule has 0 saturated heterocycles. The number of carboxylic acids is 1. The van der Waals surface area contributed by atoms with Gasteiger partial charge in [-0.2, -0.15) is 19.2 Å². The Morgan fingerprint density at radius 1 is 0.416 bits per heavy atom. The number of nitrogens with one attached hydrogen (secondary N) is 3. The molecule has 0 saturated carbocycles. The molecule has 3 aliphatic rings. The van der Waals surface area contributed by atoms with E-state index in [9.17, 15) is 30.0 Å². The Bertz CT molecular complexity index is 3720. The number of unbranched alkanes of at least 4 members (excludes halogenated alkanes) is 11. The molecule has 0 fully saturated rings. The number of rotatable bonds is 22. The second kappa shape index (κ2) is 36.8. The molecule has 0 aromatic heterocycles. The van der Waals surface area contributed by atoms with Crippen molar-refractivity contribution in [1.29, 1.82) is 0 Å². The van der Waals surface area contributed by atoms with Gasteiger partial charge in [-0.1, -0.05) is 151 Å². The molecule has 3 unspecified atom stereocenters. The summed E-state index contributed by atoms with van der Waals surface area (Å²) in [6.45, 7) is 6.92. The van der Waals surface area contributed by atoms with Crippen LogP contribution in [0.25, 0.3) is 0 Å². The molecule has 89 heavy (non-hydrogen) atoms. The van der Waals surface area contributed by atoms with Crippen molar-refractivity contribution >= 4 is 133 Å². The first-order valence-electron chi connectivity index (χ1n) is 29.6. The molecule has 0 amide bonds. The molecule has 6 aromatic rings. The zero-order valence-electron chi connectivity index (χ0n) is 50.7. The number of anilines is 3. The number of benzene rings is 6. The third kappa shape index (κ3) is 19.9. The third-order valence-electron chi connectivity index (χ3n) is 15.5. The number of hydrogen-bond acceptors (Lipinski definition) is 14. The van der Waals surface area contributed by atoms with E-state index in [0.717, 1.165) is 133 Å². The molecule has 4 N–H and O–H groups in total. The predicted octanol–water partition coefficient (Wildman–Crippen LogP) is 13.1. The van der Waals surface area contributed by atoms with Gasteiger partial charge in [0.2, 0.25) is 0 Å². The summed E-state index contributed by atoms with van der Waals surface area (Å²) in [5, 5.41) is 19.5. The Hall–Kier alpha value is -5.13. The summed E-state index contributed by atoms with van der Waals surface area (Å²) in [7, 11) is -5.89. The molecule has 18 nitrogen and oxygen atoms in total. The van der Waals surface area contributed by atoms with Gasteiger partial charge < -0.3 is 21.1 Å². The second-order valence-corrected chi connectivity index (χ2v) is 30.9. The van der Waals surface area contributed by atoms with Gasteiger partial charge in [0.25, 0.3) is 30.1 Å². The van der Waals surface area contributed by atoms with Crippen molar-refractivity contribution in [3.8, 4) is 0 Å². The average molecular weight is 1610 g/mol. The average Bonchev–Trinajstić information content (AvgIpc) is 1.69. The molecule has 0 radical (unpaired) electrons. The number of hydrogen-bond donors (Lipinski definition) is 4. The van der Waals surface area contributed by atoms with Crippen LogP contribution in [0.2, 0.25) is 0 Å². The molecule has 0 bridgehead atoms. The monoisotopic (exact) mass is 1610 g/mol. The maximum absolute atomic E-state index is 13.3. The molecule has 0 spiro atoms. The summed E-state index contributed by atoms with van der Waals surface area (Å²) in [6.07, 6.45) is 16.1. The number of halogens is 3. The number of nitrogens with zero attached hydrogens (tertiary/aromatic N) is 3. The molecule has 9 rings (SSSR count). The Labute approximate surface area is 566 Å². The van der Waals surface area contributed by atoms with E-state index in [-0.39, 0.29) is 36.8 Å². The van der Waals surface area contributed by atoms with Crippen molar-refractivity contribution in [3.05, 3.63) is 171 Å². The first-order valence-corrected chi connectivity index (χ1v) is 37.2. The zero-order chi connectivity index (χ0) is 65.3. The van der Waals surface area contributed by atoms with Crippen LogP contribution in [-0.4, -0.2) is 89.4 Å². The lowest BCUT2D eigenvalue weighted by Crippen LogP contribution is -2.26. The van der Waals surface area contributed by atoms with E-state index in [0.29, 0.717) is 20.4 Å². The number of sulfonamides is 3. The summed E-state index contributed by atoms with van der Waals surface area (Å²) >= 11 is 6.49. The molecule has 24 heteroatoms. The summed E-state index contributed by atoms with van der Waals surface area (Å²) in [6, 6.07) is 39.8. The molecule has 480 valence electrons. The van der Waals surface area contributed by atoms with Gasteiger partial charge in [-0.3, -0.25) is 17.7 Å². The van der Waals surface area contributed by atoms with Crippen LogP contribution >= 0.6 is 67.8 Å². The van der Waals surface area contributed by atoms with Crippen molar-refractivity contribution < 1.29 is 54.3 Å². The van der Waals surface area contributed by atoms with Gasteiger partial charge >= 0.3 is 18.3 Å². The Morgan fingerprint density at radius 3 is 0.978 bits per heavy atom. The maximum Gasteiger partial charge on any atom is 0.373 e. The van der Waals surface area contributed by atoms with E-state index in [4.69, 9.17) is 24.3 Å². The van der Waals surface area contributed by atoms with Crippen LogP contribution < -0.4 is 28.9 Å². The van der Waals surface area contributed by atoms with Crippen molar-refractivity contribution in [2.75, 3.05) is 53.7 Å². The number of fused-ring (bicyclic) bond motifs is 6. The minimum absolute atomic E-state index is 0.125. The first-order chi connectivity index (χ1) is 42.6. The van der Waals surface area contributed by atoms with Crippen LogP contribution in [0.4, 0.5) is 17.1 Å². The lowest BCUT2D eigenvalue weighted by atomic mass is 9.96. The SMILES string of the molecule is CCCCCCCNC1c2ccccc2N(C)S(=O)(=O)c2cc(I)ccc21.CCCCCNC1c2ccccc2N(C)S(=O)(=O)c2cc(I)ccc21.CN1c2ccccc2C(NCCCCCCCCC(=O)O)c2ccc(I)cc2S1(=O)=O.O=C=O.O=C=O. The molecular weight excluding hydrogens is 1530 g/mol. The van der Waals surface area contributed by atoms with Gasteiger partial charge in [-0.15, -0.1) is 0 Å². The number of carbonyl (C=O) groups excluding carboxylic acids is 4. The maximum atomic E-state index is 13.3. The highest BCUT2D eigenvalue weighted by Gasteiger charge is 2.38. The Balaban J connectivity index is 0.000000233. The summed E-state index contributed by atoms with van der Waals surface area (Å²) in [5.74, 6) is -0.726. The molecule has 3 atom stereocenters. The number of carbonyl (C=O) groups is 1. The highest BCUT2D eigenvalue weighted by Crippen LogP contribution is 2.43. The van der Waals surface area contributed by atoms with Gasteiger partial charge in [-0.05, 0) is 201 Å². The van der Waals surface area contributed by atoms with E-state index < -0.39 is 36.0 Å². The lowest BCUT2D eigenvalue weighted by Gasteiger charge is -2.22. The fourth-order valence-electron chi connectivity index (χ4n) is 10.9. The predicted molar refractivity (Wildman–Crippen MR) is 371 cm³/mol. The minimum atomic E-state index is -3.63. The smallest absolute Gasteiger partial charge is 0.373 e. The summed E-state index contributed by atoms with van der Waals surface area (Å²) in [5.41, 5.74) is 7.60. The van der Waals surface area contributed by atoms with Crippen LogP contribution in [0.3, 0.4) is 0 Å². The number of para-hydroxylation sites is 3. The number of aliphatic carboxylic acids is 1. The van der Waals surface area contributed by atoms with Gasteiger partial charge in [0.15, 0.2) is 0 Å². The highest BCUT2D eigenvalue weighted by atomic mass is 127. The van der Waals surface area contributed by atoms with Crippen molar-refractivity contribution in [3.63, 3.8) is 0 Å². The van der Waals surface area contributed by atoms with Crippen molar-refractivity contribution in [2.45, 2.75) is 143 Å². The van der Waals surface area contributed by atoms with E-state index in [1.807, 2.05) is 109 Å². The van der Waals surface area contributed by atoms with Crippen LogP contribution in [0, 0.1) is 10.7 Å². The highest BCUT2D eigenvalue weighted by molar-refractivity contribution is 14.1. The zero-order valence-corrected chi connectivity index (χ0v) is 59.6. The summed E-state index contributed by atoms with van der Waals surface area (Å²) < 4.78 is 86.3. The third-order valence-corrected chi connectivity index (χ3v) is 23.0. The number of carboxylic acid groups (broad SMARTS) is 1. The Morgan fingerprint density at radius 2 is 0.674 bits per heavy atom. The van der Waals surface area contributed by atoms with Crippen LogP contribution in [0.1, 0.15) is 162 Å². The molecule has 3 aliphatic heterocycles. The van der Waals surface area contributed by atoms with E-state index in [1.165, 1.54) is 45.0 Å². The van der Waals surface area contributed by atoms with Crippen LogP contribution in [0.5, 0.6) is 0 Å². The minimum Gasteiger partial charge on any atom is -0.481 e. The van der Waals surface area contributed by atoms with Crippen molar-refractivity contribution in [1.82, 2.24) is 16.0 Å². The fourth-order valence-corrected chi connectivity index (χ4v) is 17.5. The molecule has 6 aromatic carbocycles. The largest absolute Gasteiger partial charge is 0.481 e. The molecule has 3 heterocycles. The van der Waals surface area contributed by atoms with Crippen LogP contribution in [0.15, 0.2) is 142 Å². The quantitative estimate of drug-likeness (QED) is 0.0364.